The van der Waals surface area contributed by atoms with Crippen LogP contribution in [-0.4, -0.2) is 20.9 Å². The van der Waals surface area contributed by atoms with Crippen LogP contribution in [0.15, 0.2) is 47.4 Å². The van der Waals surface area contributed by atoms with Gasteiger partial charge in [-0.3, -0.25) is 4.79 Å². The Hall–Kier alpha value is -1.31. The first kappa shape index (κ1) is 18.0. The molecule has 0 aliphatic rings. The molecule has 0 spiro atoms. The molecule has 9 heteroatoms. The SMILES string of the molecule is O=C(CNS(=O)(=O)c1ccccc1Cl)Nc1cccc(Cl)c1Cl. The van der Waals surface area contributed by atoms with E-state index in [-0.39, 0.29) is 20.0 Å². The van der Waals surface area contributed by atoms with Gasteiger partial charge < -0.3 is 5.32 Å². The second-order valence-corrected chi connectivity index (χ2v) is 7.33. The Balaban J connectivity index is 2.04. The van der Waals surface area contributed by atoms with Crippen molar-refractivity contribution < 1.29 is 13.2 Å². The van der Waals surface area contributed by atoms with Crippen molar-refractivity contribution in [1.29, 1.82) is 0 Å². The summed E-state index contributed by atoms with van der Waals surface area (Å²) in [5, 5.41) is 3.00. The number of rotatable bonds is 5. The van der Waals surface area contributed by atoms with Crippen LogP contribution in [0.3, 0.4) is 0 Å². The highest BCUT2D eigenvalue weighted by Gasteiger charge is 2.18. The van der Waals surface area contributed by atoms with Crippen molar-refractivity contribution in [1.82, 2.24) is 4.72 Å². The molecule has 0 saturated heterocycles. The van der Waals surface area contributed by atoms with E-state index in [1.807, 2.05) is 0 Å². The van der Waals surface area contributed by atoms with E-state index in [1.165, 1.54) is 18.2 Å². The molecule has 23 heavy (non-hydrogen) atoms. The number of sulfonamides is 1. The number of anilines is 1. The first-order valence-electron chi connectivity index (χ1n) is 6.29. The van der Waals surface area contributed by atoms with Crippen LogP contribution in [-0.2, 0) is 14.8 Å². The van der Waals surface area contributed by atoms with Gasteiger partial charge in [0.2, 0.25) is 15.9 Å². The molecule has 0 fully saturated rings. The summed E-state index contributed by atoms with van der Waals surface area (Å²) in [5.41, 5.74) is 0.293. The predicted octanol–water partition coefficient (Wildman–Crippen LogP) is 3.56. The number of carbonyl (C=O) groups is 1. The summed E-state index contributed by atoms with van der Waals surface area (Å²) >= 11 is 17.6. The third kappa shape index (κ3) is 4.59. The summed E-state index contributed by atoms with van der Waals surface area (Å²) in [6.45, 7) is -0.476. The number of hydrogen-bond donors (Lipinski definition) is 2. The Morgan fingerprint density at radius 1 is 0.957 bits per heavy atom. The van der Waals surface area contributed by atoms with Gasteiger partial charge in [-0.2, -0.15) is 0 Å². The molecule has 0 radical (unpaired) electrons. The van der Waals surface area contributed by atoms with E-state index in [9.17, 15) is 13.2 Å². The Labute approximate surface area is 148 Å². The lowest BCUT2D eigenvalue weighted by Crippen LogP contribution is -2.33. The second kappa shape index (κ2) is 7.51. The Morgan fingerprint density at radius 3 is 2.30 bits per heavy atom. The zero-order valence-corrected chi connectivity index (χ0v) is 14.6. The number of hydrogen-bond acceptors (Lipinski definition) is 3. The number of benzene rings is 2. The van der Waals surface area contributed by atoms with Crippen LogP contribution < -0.4 is 10.0 Å². The summed E-state index contributed by atoms with van der Waals surface area (Å²) in [4.78, 5) is 11.8. The lowest BCUT2D eigenvalue weighted by atomic mass is 10.3. The van der Waals surface area contributed by atoms with E-state index < -0.39 is 22.5 Å². The van der Waals surface area contributed by atoms with Crippen LogP contribution in [0.25, 0.3) is 0 Å². The van der Waals surface area contributed by atoms with Crippen molar-refractivity contribution in [2.45, 2.75) is 4.90 Å². The molecular weight excluding hydrogens is 383 g/mol. The molecule has 0 bridgehead atoms. The van der Waals surface area contributed by atoms with Gasteiger partial charge in [0, 0.05) is 0 Å². The smallest absolute Gasteiger partial charge is 0.242 e. The highest BCUT2D eigenvalue weighted by Crippen LogP contribution is 2.29. The molecule has 2 rings (SSSR count). The third-order valence-electron chi connectivity index (χ3n) is 2.77. The van der Waals surface area contributed by atoms with Crippen molar-refractivity contribution in [3.05, 3.63) is 57.5 Å². The van der Waals surface area contributed by atoms with E-state index in [1.54, 1.807) is 24.3 Å². The van der Waals surface area contributed by atoms with Gasteiger partial charge in [-0.25, -0.2) is 13.1 Å². The molecular formula is C14H11Cl3N2O3S. The van der Waals surface area contributed by atoms with Gasteiger partial charge in [0.25, 0.3) is 0 Å². The maximum atomic E-state index is 12.1. The van der Waals surface area contributed by atoms with Crippen LogP contribution >= 0.6 is 34.8 Å². The number of nitrogens with one attached hydrogen (secondary N) is 2. The number of amides is 1. The monoisotopic (exact) mass is 392 g/mol. The van der Waals surface area contributed by atoms with Gasteiger partial charge >= 0.3 is 0 Å². The van der Waals surface area contributed by atoms with Gasteiger partial charge in [0.15, 0.2) is 0 Å². The molecule has 2 aromatic carbocycles. The third-order valence-corrected chi connectivity index (χ3v) is 5.49. The normalized spacial score (nSPS) is 11.3. The fraction of sp³-hybridized carbons (Fsp3) is 0.0714. The molecule has 0 aromatic heterocycles. The largest absolute Gasteiger partial charge is 0.324 e. The van der Waals surface area contributed by atoms with Gasteiger partial charge in [-0.15, -0.1) is 0 Å². The minimum absolute atomic E-state index is 0.0679. The first-order chi connectivity index (χ1) is 10.8. The molecule has 1 amide bonds. The second-order valence-electron chi connectivity index (χ2n) is 4.40. The van der Waals surface area contributed by atoms with Gasteiger partial charge in [-0.05, 0) is 24.3 Å². The van der Waals surface area contributed by atoms with Gasteiger partial charge in [-0.1, -0.05) is 53.0 Å². The van der Waals surface area contributed by atoms with E-state index in [0.717, 1.165) is 0 Å². The van der Waals surface area contributed by atoms with Crippen molar-refractivity contribution >= 4 is 56.4 Å². The zero-order chi connectivity index (χ0) is 17.0. The van der Waals surface area contributed by atoms with Crippen LogP contribution in [0.5, 0.6) is 0 Å². The highest BCUT2D eigenvalue weighted by molar-refractivity contribution is 7.89. The van der Waals surface area contributed by atoms with Gasteiger partial charge in [0.1, 0.15) is 4.90 Å². The van der Waals surface area contributed by atoms with E-state index >= 15 is 0 Å². The fourth-order valence-corrected chi connectivity index (χ4v) is 3.54. The zero-order valence-electron chi connectivity index (χ0n) is 11.5. The Morgan fingerprint density at radius 2 is 1.61 bits per heavy atom. The van der Waals surface area contributed by atoms with Crippen LogP contribution in [0, 0.1) is 0 Å². The quantitative estimate of drug-likeness (QED) is 0.815. The molecule has 122 valence electrons. The maximum absolute atomic E-state index is 12.1. The van der Waals surface area contributed by atoms with Crippen LogP contribution in [0.2, 0.25) is 15.1 Å². The van der Waals surface area contributed by atoms with Crippen LogP contribution in [0.4, 0.5) is 5.69 Å². The number of carbonyl (C=O) groups excluding carboxylic acids is 1. The summed E-state index contributed by atoms with van der Waals surface area (Å²) < 4.78 is 26.4. The highest BCUT2D eigenvalue weighted by atomic mass is 35.5. The number of halogens is 3. The summed E-state index contributed by atoms with van der Waals surface area (Å²) in [7, 11) is -3.90. The minimum atomic E-state index is -3.90. The summed E-state index contributed by atoms with van der Waals surface area (Å²) in [6.07, 6.45) is 0. The van der Waals surface area contributed by atoms with Crippen molar-refractivity contribution in [3.8, 4) is 0 Å². The lowest BCUT2D eigenvalue weighted by Gasteiger charge is -2.10. The van der Waals surface area contributed by atoms with E-state index in [0.29, 0.717) is 5.69 Å². The topological polar surface area (TPSA) is 75.3 Å². The Kier molecular flexibility index (Phi) is 5.89. The van der Waals surface area contributed by atoms with E-state index in [4.69, 9.17) is 34.8 Å². The molecule has 0 unspecified atom stereocenters. The van der Waals surface area contributed by atoms with Crippen molar-refractivity contribution in [2.24, 2.45) is 0 Å². The summed E-state index contributed by atoms with van der Waals surface area (Å²) in [6, 6.07) is 10.7. The van der Waals surface area contributed by atoms with Crippen molar-refractivity contribution in [2.75, 3.05) is 11.9 Å². The standard InChI is InChI=1S/C14H11Cl3N2O3S/c15-9-4-1-2-7-12(9)23(21,22)18-8-13(20)19-11-6-3-5-10(16)14(11)17/h1-7,18H,8H2,(H,19,20). The average Bonchev–Trinajstić information content (AvgIpc) is 2.50. The molecule has 0 aliphatic carbocycles. The average molecular weight is 394 g/mol. The van der Waals surface area contributed by atoms with Crippen molar-refractivity contribution in [3.63, 3.8) is 0 Å². The molecule has 2 aromatic rings. The molecule has 0 heterocycles. The molecule has 0 aliphatic heterocycles. The minimum Gasteiger partial charge on any atom is -0.324 e. The fourth-order valence-electron chi connectivity index (χ4n) is 1.70. The Bertz CT molecular complexity index is 841. The molecule has 0 atom stereocenters. The van der Waals surface area contributed by atoms with Crippen LogP contribution in [0.1, 0.15) is 0 Å². The summed E-state index contributed by atoms with van der Waals surface area (Å²) in [5.74, 6) is -0.593. The van der Waals surface area contributed by atoms with Gasteiger partial charge in [0.05, 0.1) is 27.3 Å². The molecule has 5 nitrogen and oxygen atoms in total. The van der Waals surface area contributed by atoms with E-state index in [2.05, 4.69) is 10.0 Å². The molecule has 0 saturated carbocycles. The molecule has 2 N–H and O–H groups in total. The predicted molar refractivity (Wildman–Crippen MR) is 91.7 cm³/mol. The lowest BCUT2D eigenvalue weighted by molar-refractivity contribution is -0.115. The maximum Gasteiger partial charge on any atom is 0.242 e. The first-order valence-corrected chi connectivity index (χ1v) is 8.91.